The Morgan fingerprint density at radius 2 is 2.00 bits per heavy atom. The molecule has 1 N–H and O–H groups in total. The highest BCUT2D eigenvalue weighted by atomic mass is 32.1. The van der Waals surface area contributed by atoms with Gasteiger partial charge >= 0.3 is 5.97 Å². The number of nitrogens with one attached hydrogen (secondary N) is 1. The minimum atomic E-state index is -0.626. The first kappa shape index (κ1) is 24.0. The lowest BCUT2D eigenvalue weighted by Gasteiger charge is -2.31. The maximum Gasteiger partial charge on any atom is 0.341 e. The van der Waals surface area contributed by atoms with Crippen LogP contribution >= 0.6 is 11.3 Å². The van der Waals surface area contributed by atoms with Gasteiger partial charge in [-0.15, -0.1) is 11.3 Å². The summed E-state index contributed by atoms with van der Waals surface area (Å²) >= 11 is 1.42. The van der Waals surface area contributed by atoms with Crippen molar-refractivity contribution in [3.63, 3.8) is 0 Å². The highest BCUT2D eigenvalue weighted by Gasteiger charge is 2.40. The number of ether oxygens (including phenoxy) is 1. The van der Waals surface area contributed by atoms with Gasteiger partial charge in [-0.3, -0.25) is 4.79 Å². The molecule has 0 fully saturated rings. The predicted molar refractivity (Wildman–Crippen MR) is 128 cm³/mol. The third-order valence-electron chi connectivity index (χ3n) is 6.38. The maximum absolute atomic E-state index is 13.0. The van der Waals surface area contributed by atoms with Gasteiger partial charge in [0, 0.05) is 17.2 Å². The second-order valence-corrected chi connectivity index (χ2v) is 9.51. The lowest BCUT2D eigenvalue weighted by atomic mass is 9.70. The molecule has 6 heteroatoms. The van der Waals surface area contributed by atoms with E-state index in [0.29, 0.717) is 29.8 Å². The second kappa shape index (κ2) is 10.8. The van der Waals surface area contributed by atoms with E-state index in [-0.39, 0.29) is 18.4 Å². The van der Waals surface area contributed by atoms with E-state index in [1.54, 1.807) is 6.92 Å². The van der Waals surface area contributed by atoms with Gasteiger partial charge in [0.05, 0.1) is 23.7 Å². The van der Waals surface area contributed by atoms with Crippen LogP contribution in [0.4, 0.5) is 5.00 Å². The lowest BCUT2D eigenvalue weighted by Crippen LogP contribution is -2.31. The number of esters is 1. The van der Waals surface area contributed by atoms with Crippen molar-refractivity contribution in [1.29, 1.82) is 5.26 Å². The molecule has 5 nitrogen and oxygen atoms in total. The minimum absolute atomic E-state index is 0.0419. The molecule has 0 saturated heterocycles. The molecule has 2 aromatic rings. The summed E-state index contributed by atoms with van der Waals surface area (Å²) in [4.78, 5) is 26.8. The van der Waals surface area contributed by atoms with Crippen LogP contribution in [0, 0.1) is 17.2 Å². The molecule has 1 aromatic carbocycles. The molecule has 1 aromatic heterocycles. The largest absolute Gasteiger partial charge is 0.462 e. The molecule has 1 aliphatic carbocycles. The van der Waals surface area contributed by atoms with Gasteiger partial charge in [0.25, 0.3) is 0 Å². The summed E-state index contributed by atoms with van der Waals surface area (Å²) in [7, 11) is 0. The Morgan fingerprint density at radius 3 is 2.62 bits per heavy atom. The third-order valence-corrected chi connectivity index (χ3v) is 7.53. The SMILES string of the molecule is CCCC[C@H](CC)C(=O)Nc1sc2c(c1C(=O)OCC)CC[C@](C#N)(c1ccccc1)C2. The van der Waals surface area contributed by atoms with Gasteiger partial charge in [0.15, 0.2) is 0 Å². The molecule has 0 aliphatic heterocycles. The van der Waals surface area contributed by atoms with Crippen molar-refractivity contribution in [2.24, 2.45) is 5.92 Å². The standard InChI is InChI=1S/C26H32N2O3S/c1-4-7-11-18(5-2)23(29)28-24-22(25(30)31-6-3)20-14-15-26(17-27,16-21(20)32-24)19-12-9-8-10-13-19/h8-10,12-13,18H,4-7,11,14-16H2,1-3H3,(H,28,29)/t18-,26-/m0/s1. The quantitative estimate of drug-likeness (QED) is 0.471. The first-order chi connectivity index (χ1) is 15.5. The van der Waals surface area contributed by atoms with Gasteiger partial charge in [-0.1, -0.05) is 57.0 Å². The second-order valence-electron chi connectivity index (χ2n) is 8.40. The fourth-order valence-electron chi connectivity index (χ4n) is 4.48. The van der Waals surface area contributed by atoms with Crippen LogP contribution in [0.3, 0.4) is 0 Å². The zero-order chi connectivity index (χ0) is 23.1. The minimum Gasteiger partial charge on any atom is -0.462 e. The van der Waals surface area contributed by atoms with E-state index in [1.807, 2.05) is 37.3 Å². The van der Waals surface area contributed by atoms with Gasteiger partial charge in [-0.25, -0.2) is 4.79 Å². The Hall–Kier alpha value is -2.65. The Morgan fingerprint density at radius 1 is 1.25 bits per heavy atom. The molecule has 0 spiro atoms. The fourth-order valence-corrected chi connectivity index (χ4v) is 5.83. The van der Waals surface area contributed by atoms with E-state index < -0.39 is 11.4 Å². The summed E-state index contributed by atoms with van der Waals surface area (Å²) in [6.45, 7) is 6.19. The van der Waals surface area contributed by atoms with Gasteiger partial charge < -0.3 is 10.1 Å². The number of unbranched alkanes of at least 4 members (excludes halogenated alkanes) is 1. The Labute approximate surface area is 194 Å². The Kier molecular flexibility index (Phi) is 8.09. The lowest BCUT2D eigenvalue weighted by molar-refractivity contribution is -0.120. The van der Waals surface area contributed by atoms with Crippen LogP contribution in [0.1, 0.15) is 79.2 Å². The van der Waals surface area contributed by atoms with Gasteiger partial charge in [-0.05, 0) is 43.7 Å². The molecule has 0 unspecified atom stereocenters. The van der Waals surface area contributed by atoms with Crippen LogP contribution in [0.5, 0.6) is 0 Å². The summed E-state index contributed by atoms with van der Waals surface area (Å²) in [6, 6.07) is 12.4. The Balaban J connectivity index is 1.96. The van der Waals surface area contributed by atoms with Crippen LogP contribution in [0.2, 0.25) is 0 Å². The monoisotopic (exact) mass is 452 g/mol. The number of nitriles is 1. The van der Waals surface area contributed by atoms with E-state index in [9.17, 15) is 14.9 Å². The molecule has 1 heterocycles. The van der Waals surface area contributed by atoms with Crippen molar-refractivity contribution in [3.05, 3.63) is 51.9 Å². The highest BCUT2D eigenvalue weighted by molar-refractivity contribution is 7.17. The van der Waals surface area contributed by atoms with Crippen molar-refractivity contribution in [1.82, 2.24) is 0 Å². The molecule has 0 radical (unpaired) electrons. The number of nitrogens with zero attached hydrogens (tertiary/aromatic N) is 1. The molecule has 170 valence electrons. The zero-order valence-corrected chi connectivity index (χ0v) is 20.0. The highest BCUT2D eigenvalue weighted by Crippen LogP contribution is 2.45. The van der Waals surface area contributed by atoms with Crippen molar-refractivity contribution in [2.75, 3.05) is 11.9 Å². The summed E-state index contributed by atoms with van der Waals surface area (Å²) in [5.41, 5.74) is 1.77. The first-order valence-electron chi connectivity index (χ1n) is 11.6. The van der Waals surface area contributed by atoms with E-state index in [1.165, 1.54) is 11.3 Å². The number of hydrogen-bond acceptors (Lipinski definition) is 5. The summed E-state index contributed by atoms with van der Waals surface area (Å²) in [6.07, 6.45) is 5.40. The van der Waals surface area contributed by atoms with Crippen molar-refractivity contribution >= 4 is 28.2 Å². The van der Waals surface area contributed by atoms with Crippen molar-refractivity contribution in [2.45, 2.75) is 71.1 Å². The van der Waals surface area contributed by atoms with Crippen LogP contribution in [-0.2, 0) is 27.8 Å². The summed E-state index contributed by atoms with van der Waals surface area (Å²) < 4.78 is 5.34. The molecule has 1 aliphatic rings. The molecule has 0 saturated carbocycles. The van der Waals surface area contributed by atoms with Crippen LogP contribution in [-0.4, -0.2) is 18.5 Å². The summed E-state index contributed by atoms with van der Waals surface area (Å²) in [5, 5.41) is 13.7. The van der Waals surface area contributed by atoms with Crippen molar-refractivity contribution < 1.29 is 14.3 Å². The fraction of sp³-hybridized carbons (Fsp3) is 0.500. The average molecular weight is 453 g/mol. The Bertz CT molecular complexity index is 992. The number of amides is 1. The number of anilines is 1. The number of hydrogen-bond donors (Lipinski definition) is 1. The topological polar surface area (TPSA) is 79.2 Å². The van der Waals surface area contributed by atoms with Crippen LogP contribution in [0.15, 0.2) is 30.3 Å². The summed E-state index contributed by atoms with van der Waals surface area (Å²) in [5.74, 6) is -0.516. The number of carbonyl (C=O) groups excluding carboxylic acids is 2. The molecule has 3 rings (SSSR count). The molecular weight excluding hydrogens is 420 g/mol. The smallest absolute Gasteiger partial charge is 0.341 e. The molecule has 0 bridgehead atoms. The maximum atomic E-state index is 13.0. The molecule has 32 heavy (non-hydrogen) atoms. The first-order valence-corrected chi connectivity index (χ1v) is 12.4. The van der Waals surface area contributed by atoms with Gasteiger partial charge in [0.1, 0.15) is 5.00 Å². The van der Waals surface area contributed by atoms with E-state index in [0.717, 1.165) is 41.7 Å². The molecular formula is C26H32N2O3S. The number of benzene rings is 1. The van der Waals surface area contributed by atoms with Crippen LogP contribution < -0.4 is 5.32 Å². The molecule has 2 atom stereocenters. The molecule has 1 amide bonds. The van der Waals surface area contributed by atoms with Crippen molar-refractivity contribution in [3.8, 4) is 6.07 Å². The van der Waals surface area contributed by atoms with E-state index >= 15 is 0 Å². The number of thiophene rings is 1. The third kappa shape index (κ3) is 4.88. The normalized spacial score (nSPS) is 18.3. The predicted octanol–water partition coefficient (Wildman–Crippen LogP) is 6.03. The van der Waals surface area contributed by atoms with Gasteiger partial charge in [-0.2, -0.15) is 5.26 Å². The number of rotatable bonds is 9. The zero-order valence-electron chi connectivity index (χ0n) is 19.2. The number of carbonyl (C=O) groups is 2. The average Bonchev–Trinajstić information content (AvgIpc) is 3.16. The van der Waals surface area contributed by atoms with Crippen LogP contribution in [0.25, 0.3) is 0 Å². The van der Waals surface area contributed by atoms with Gasteiger partial charge in [0.2, 0.25) is 5.91 Å². The number of fused-ring (bicyclic) bond motifs is 1. The van der Waals surface area contributed by atoms with E-state index in [4.69, 9.17) is 4.74 Å². The van der Waals surface area contributed by atoms with E-state index in [2.05, 4.69) is 18.3 Å².